The lowest BCUT2D eigenvalue weighted by atomic mass is 9.90. The minimum atomic E-state index is -0.387. The van der Waals surface area contributed by atoms with Crippen molar-refractivity contribution in [2.45, 2.75) is 45.4 Å². The average molecular weight is 320 g/mol. The highest BCUT2D eigenvalue weighted by Crippen LogP contribution is 2.20. The molecular formula is C18H28N2O3. The van der Waals surface area contributed by atoms with E-state index < -0.39 is 0 Å². The number of carbonyl (C=O) groups excluding carboxylic acids is 1. The fourth-order valence-electron chi connectivity index (χ4n) is 3.12. The molecule has 5 heteroatoms. The molecule has 1 saturated heterocycles. The second-order valence-electron chi connectivity index (χ2n) is 6.40. The van der Waals surface area contributed by atoms with E-state index >= 15 is 0 Å². The summed E-state index contributed by atoms with van der Waals surface area (Å²) in [6, 6.07) is 9.67. The first-order valence-electron chi connectivity index (χ1n) is 8.46. The third-order valence-electron chi connectivity index (χ3n) is 4.32. The van der Waals surface area contributed by atoms with E-state index in [4.69, 9.17) is 4.74 Å². The van der Waals surface area contributed by atoms with Crippen molar-refractivity contribution in [3.8, 4) is 0 Å². The molecule has 128 valence electrons. The fourth-order valence-corrected chi connectivity index (χ4v) is 3.12. The highest BCUT2D eigenvalue weighted by Gasteiger charge is 2.30. The number of ether oxygens (including phenoxy) is 1. The van der Waals surface area contributed by atoms with Gasteiger partial charge in [-0.05, 0) is 37.8 Å². The maximum Gasteiger partial charge on any atom is 0.407 e. The van der Waals surface area contributed by atoms with Crippen LogP contribution in [0.4, 0.5) is 4.79 Å². The molecule has 1 heterocycles. The number of aliphatic hydroxyl groups excluding tert-OH is 1. The zero-order chi connectivity index (χ0) is 16.7. The maximum absolute atomic E-state index is 12.0. The molecule has 1 aliphatic heterocycles. The number of alkyl carbamates (subject to hydrolysis) is 1. The Morgan fingerprint density at radius 2 is 2.13 bits per heavy atom. The van der Waals surface area contributed by atoms with E-state index in [1.165, 1.54) is 0 Å². The van der Waals surface area contributed by atoms with E-state index in [0.29, 0.717) is 0 Å². The molecule has 1 aromatic carbocycles. The van der Waals surface area contributed by atoms with Gasteiger partial charge in [-0.1, -0.05) is 37.3 Å². The number of hydrogen-bond donors (Lipinski definition) is 2. The zero-order valence-electron chi connectivity index (χ0n) is 14.1. The predicted molar refractivity (Wildman–Crippen MR) is 90.1 cm³/mol. The van der Waals surface area contributed by atoms with Crippen LogP contribution in [-0.2, 0) is 11.3 Å². The van der Waals surface area contributed by atoms with Crippen LogP contribution in [-0.4, -0.2) is 47.9 Å². The Hall–Kier alpha value is -1.59. The SMILES string of the molecule is CCCN1CC(NC(=O)OCc2ccccc2)CC(C(C)O)C1. The van der Waals surface area contributed by atoms with Gasteiger partial charge in [0.25, 0.3) is 0 Å². The summed E-state index contributed by atoms with van der Waals surface area (Å²) in [4.78, 5) is 14.3. The van der Waals surface area contributed by atoms with Crippen molar-refractivity contribution in [3.63, 3.8) is 0 Å². The van der Waals surface area contributed by atoms with Crippen LogP contribution in [0, 0.1) is 5.92 Å². The molecule has 3 atom stereocenters. The number of aliphatic hydroxyl groups is 1. The van der Waals surface area contributed by atoms with Crippen LogP contribution in [0.3, 0.4) is 0 Å². The van der Waals surface area contributed by atoms with Crippen LogP contribution < -0.4 is 5.32 Å². The summed E-state index contributed by atoms with van der Waals surface area (Å²) < 4.78 is 5.29. The topological polar surface area (TPSA) is 61.8 Å². The molecule has 2 rings (SSSR count). The normalized spacial score (nSPS) is 23.3. The first-order valence-corrected chi connectivity index (χ1v) is 8.46. The quantitative estimate of drug-likeness (QED) is 0.845. The molecule has 1 aromatic rings. The van der Waals surface area contributed by atoms with Crippen LogP contribution in [0.15, 0.2) is 30.3 Å². The van der Waals surface area contributed by atoms with Gasteiger partial charge in [-0.3, -0.25) is 0 Å². The summed E-state index contributed by atoms with van der Waals surface area (Å²) in [5.41, 5.74) is 0.973. The molecule has 0 aliphatic carbocycles. The van der Waals surface area contributed by atoms with Crippen LogP contribution >= 0.6 is 0 Å². The van der Waals surface area contributed by atoms with E-state index in [-0.39, 0.29) is 30.8 Å². The molecule has 0 bridgehead atoms. The molecule has 0 aromatic heterocycles. The molecule has 2 N–H and O–H groups in total. The van der Waals surface area contributed by atoms with Crippen LogP contribution in [0.2, 0.25) is 0 Å². The Morgan fingerprint density at radius 3 is 2.78 bits per heavy atom. The minimum Gasteiger partial charge on any atom is -0.445 e. The number of rotatable bonds is 6. The third kappa shape index (κ3) is 5.84. The van der Waals surface area contributed by atoms with Crippen molar-refractivity contribution in [2.24, 2.45) is 5.92 Å². The van der Waals surface area contributed by atoms with Crippen LogP contribution in [0.1, 0.15) is 32.3 Å². The molecule has 3 unspecified atom stereocenters. The standard InChI is InChI=1S/C18H28N2O3/c1-3-9-20-11-16(14(2)21)10-17(12-20)19-18(22)23-13-15-7-5-4-6-8-15/h4-8,14,16-17,21H,3,9-13H2,1-2H3,(H,19,22). The van der Waals surface area contributed by atoms with Gasteiger partial charge in [0, 0.05) is 19.1 Å². The monoisotopic (exact) mass is 320 g/mol. The fraction of sp³-hybridized carbons (Fsp3) is 0.611. The van der Waals surface area contributed by atoms with Crippen molar-refractivity contribution in [3.05, 3.63) is 35.9 Å². The lowest BCUT2D eigenvalue weighted by molar-refractivity contribution is 0.0457. The average Bonchev–Trinajstić information content (AvgIpc) is 2.54. The van der Waals surface area contributed by atoms with Crippen molar-refractivity contribution < 1.29 is 14.6 Å². The second kappa shape index (κ2) is 8.89. The highest BCUT2D eigenvalue weighted by atomic mass is 16.5. The summed E-state index contributed by atoms with van der Waals surface area (Å²) in [5, 5.41) is 12.8. The van der Waals surface area contributed by atoms with Gasteiger partial charge < -0.3 is 20.1 Å². The van der Waals surface area contributed by atoms with Crippen molar-refractivity contribution >= 4 is 6.09 Å². The van der Waals surface area contributed by atoms with E-state index in [1.807, 2.05) is 37.3 Å². The molecule has 1 fully saturated rings. The van der Waals surface area contributed by atoms with Gasteiger partial charge in [0.1, 0.15) is 6.61 Å². The van der Waals surface area contributed by atoms with Crippen molar-refractivity contribution in [1.29, 1.82) is 0 Å². The lowest BCUT2D eigenvalue weighted by Gasteiger charge is -2.39. The van der Waals surface area contributed by atoms with Gasteiger partial charge in [0.05, 0.1) is 6.10 Å². The molecule has 23 heavy (non-hydrogen) atoms. The highest BCUT2D eigenvalue weighted by molar-refractivity contribution is 5.67. The second-order valence-corrected chi connectivity index (χ2v) is 6.40. The van der Waals surface area contributed by atoms with Gasteiger partial charge >= 0.3 is 6.09 Å². The van der Waals surface area contributed by atoms with Crippen molar-refractivity contribution in [1.82, 2.24) is 10.2 Å². The molecule has 0 spiro atoms. The van der Waals surface area contributed by atoms with Crippen LogP contribution in [0.25, 0.3) is 0 Å². The Labute approximate surface area is 138 Å². The number of amides is 1. The third-order valence-corrected chi connectivity index (χ3v) is 4.32. The Balaban J connectivity index is 1.83. The molecule has 0 saturated carbocycles. The number of likely N-dealkylation sites (tertiary alicyclic amines) is 1. The Kier molecular flexibility index (Phi) is 6.86. The van der Waals surface area contributed by atoms with E-state index in [1.54, 1.807) is 0 Å². The summed E-state index contributed by atoms with van der Waals surface area (Å²) in [7, 11) is 0. The van der Waals surface area contributed by atoms with E-state index in [2.05, 4.69) is 17.1 Å². The smallest absolute Gasteiger partial charge is 0.407 e. The van der Waals surface area contributed by atoms with E-state index in [9.17, 15) is 9.90 Å². The lowest BCUT2D eigenvalue weighted by Crippen LogP contribution is -2.52. The molecule has 1 amide bonds. The summed E-state index contributed by atoms with van der Waals surface area (Å²) in [6.07, 6.45) is 1.11. The van der Waals surface area contributed by atoms with Gasteiger partial charge in [0.15, 0.2) is 0 Å². The van der Waals surface area contributed by atoms with Gasteiger partial charge in [-0.25, -0.2) is 4.79 Å². The largest absolute Gasteiger partial charge is 0.445 e. The molecular weight excluding hydrogens is 292 g/mol. The zero-order valence-corrected chi connectivity index (χ0v) is 14.1. The number of benzene rings is 1. The predicted octanol–water partition coefficient (Wildman–Crippen LogP) is 2.39. The summed E-state index contributed by atoms with van der Waals surface area (Å²) in [6.45, 7) is 6.94. The number of piperidine rings is 1. The molecule has 5 nitrogen and oxygen atoms in total. The number of nitrogens with zero attached hydrogens (tertiary/aromatic N) is 1. The first-order chi connectivity index (χ1) is 11.1. The number of nitrogens with one attached hydrogen (secondary N) is 1. The summed E-state index contributed by atoms with van der Waals surface area (Å²) in [5.74, 6) is 0.190. The number of carbonyl (C=O) groups is 1. The van der Waals surface area contributed by atoms with Crippen molar-refractivity contribution in [2.75, 3.05) is 19.6 Å². The maximum atomic E-state index is 12.0. The molecule has 1 aliphatic rings. The minimum absolute atomic E-state index is 0.0261. The Morgan fingerprint density at radius 1 is 1.39 bits per heavy atom. The molecule has 0 radical (unpaired) electrons. The van der Waals surface area contributed by atoms with Gasteiger partial charge in [-0.15, -0.1) is 0 Å². The van der Waals surface area contributed by atoms with E-state index in [0.717, 1.165) is 38.0 Å². The van der Waals surface area contributed by atoms with Crippen LogP contribution in [0.5, 0.6) is 0 Å². The van der Waals surface area contributed by atoms with Gasteiger partial charge in [0.2, 0.25) is 0 Å². The first kappa shape index (κ1) is 17.8. The Bertz CT molecular complexity index is 478. The van der Waals surface area contributed by atoms with Gasteiger partial charge in [-0.2, -0.15) is 0 Å². The number of hydrogen-bond acceptors (Lipinski definition) is 4. The summed E-state index contributed by atoms with van der Waals surface area (Å²) >= 11 is 0.